The first kappa shape index (κ1) is 11.5. The average Bonchev–Trinajstić information content (AvgIpc) is 2.05. The molecule has 0 amide bonds. The van der Waals surface area contributed by atoms with Crippen LogP contribution in [0.5, 0.6) is 0 Å². The Hall–Kier alpha value is -0.510. The van der Waals surface area contributed by atoms with Gasteiger partial charge < -0.3 is 0 Å². The smallest absolute Gasteiger partial charge is 0.0624 e. The van der Waals surface area contributed by atoms with Crippen molar-refractivity contribution in [1.29, 1.82) is 5.26 Å². The van der Waals surface area contributed by atoms with E-state index in [-0.39, 0.29) is 0 Å². The second-order valence-electron chi connectivity index (χ2n) is 3.67. The fourth-order valence-corrected chi connectivity index (χ4v) is 1.35. The van der Waals surface area contributed by atoms with Crippen LogP contribution in [0.3, 0.4) is 0 Å². The average molecular weight is 167 g/mol. The molecule has 0 saturated carbocycles. The zero-order valence-electron chi connectivity index (χ0n) is 8.47. The van der Waals surface area contributed by atoms with Crippen LogP contribution in [0.25, 0.3) is 0 Å². The fourth-order valence-electron chi connectivity index (χ4n) is 1.35. The molecular weight excluding hydrogens is 146 g/mol. The molecule has 0 saturated heterocycles. The molecule has 0 rings (SSSR count). The van der Waals surface area contributed by atoms with Crippen LogP contribution in [0, 0.1) is 17.2 Å². The monoisotopic (exact) mass is 167 g/mol. The molecule has 0 aromatic carbocycles. The van der Waals surface area contributed by atoms with Crippen molar-refractivity contribution in [3.8, 4) is 6.07 Å². The van der Waals surface area contributed by atoms with Gasteiger partial charge in [-0.05, 0) is 12.3 Å². The van der Waals surface area contributed by atoms with Crippen molar-refractivity contribution in [2.75, 3.05) is 0 Å². The van der Waals surface area contributed by atoms with E-state index in [4.69, 9.17) is 5.26 Å². The van der Waals surface area contributed by atoms with Gasteiger partial charge in [-0.3, -0.25) is 0 Å². The zero-order chi connectivity index (χ0) is 9.23. The summed E-state index contributed by atoms with van der Waals surface area (Å²) in [5, 5.41) is 8.43. The first-order chi connectivity index (χ1) is 5.81. The highest BCUT2D eigenvalue weighted by molar-refractivity contribution is 4.72. The molecular formula is C11H21N. The minimum absolute atomic E-state index is 0.608. The van der Waals surface area contributed by atoms with E-state index in [1.165, 1.54) is 38.5 Å². The topological polar surface area (TPSA) is 23.8 Å². The molecule has 0 heterocycles. The lowest BCUT2D eigenvalue weighted by Crippen LogP contribution is -1.92. The summed E-state index contributed by atoms with van der Waals surface area (Å²) < 4.78 is 0. The number of nitriles is 1. The fraction of sp³-hybridized carbons (Fsp3) is 0.909. The molecule has 12 heavy (non-hydrogen) atoms. The molecule has 0 aromatic rings. The van der Waals surface area contributed by atoms with Crippen molar-refractivity contribution < 1.29 is 0 Å². The van der Waals surface area contributed by atoms with Crippen LogP contribution < -0.4 is 0 Å². The van der Waals surface area contributed by atoms with Gasteiger partial charge in [0.15, 0.2) is 0 Å². The first-order valence-corrected chi connectivity index (χ1v) is 5.18. The van der Waals surface area contributed by atoms with Crippen LogP contribution >= 0.6 is 0 Å². The first-order valence-electron chi connectivity index (χ1n) is 5.18. The molecule has 0 radical (unpaired) electrons. The third-order valence-electron chi connectivity index (χ3n) is 2.24. The Morgan fingerprint density at radius 2 is 1.83 bits per heavy atom. The minimum atomic E-state index is 0.608. The molecule has 0 N–H and O–H groups in total. The van der Waals surface area contributed by atoms with E-state index in [1.54, 1.807) is 0 Å². The Labute approximate surface area is 76.8 Å². The Bertz CT molecular complexity index is 123. The number of nitrogens with zero attached hydrogens (tertiary/aromatic N) is 1. The van der Waals surface area contributed by atoms with Gasteiger partial charge in [0.25, 0.3) is 0 Å². The van der Waals surface area contributed by atoms with E-state index >= 15 is 0 Å². The lowest BCUT2D eigenvalue weighted by atomic mass is 10.00. The molecule has 70 valence electrons. The number of rotatable bonds is 7. The van der Waals surface area contributed by atoms with E-state index in [2.05, 4.69) is 19.9 Å². The predicted molar refractivity (Wildman–Crippen MR) is 52.8 cm³/mol. The highest BCUT2D eigenvalue weighted by Crippen LogP contribution is 2.13. The van der Waals surface area contributed by atoms with E-state index in [0.29, 0.717) is 5.92 Å². The Morgan fingerprint density at radius 3 is 2.42 bits per heavy atom. The molecule has 0 fully saturated rings. The maximum Gasteiger partial charge on any atom is 0.0624 e. The lowest BCUT2D eigenvalue weighted by Gasteiger charge is -2.05. The molecule has 0 aromatic heterocycles. The van der Waals surface area contributed by atoms with Gasteiger partial charge in [-0.1, -0.05) is 46.0 Å². The van der Waals surface area contributed by atoms with Crippen LogP contribution in [0.4, 0.5) is 0 Å². The molecule has 0 spiro atoms. The van der Waals surface area contributed by atoms with Crippen molar-refractivity contribution in [1.82, 2.24) is 0 Å². The van der Waals surface area contributed by atoms with Gasteiger partial charge in [0.1, 0.15) is 0 Å². The molecule has 1 unspecified atom stereocenters. The molecule has 0 aliphatic carbocycles. The third-order valence-corrected chi connectivity index (χ3v) is 2.24. The predicted octanol–water partition coefficient (Wildman–Crippen LogP) is 3.90. The molecule has 0 bridgehead atoms. The van der Waals surface area contributed by atoms with Gasteiger partial charge in [-0.2, -0.15) is 5.26 Å². The van der Waals surface area contributed by atoms with Gasteiger partial charge in [-0.15, -0.1) is 0 Å². The van der Waals surface area contributed by atoms with E-state index in [0.717, 1.165) is 6.42 Å². The second-order valence-corrected chi connectivity index (χ2v) is 3.67. The number of unbranched alkanes of at least 4 members (excludes halogenated alkanes) is 4. The largest absolute Gasteiger partial charge is 0.198 e. The van der Waals surface area contributed by atoms with E-state index < -0.39 is 0 Å². The van der Waals surface area contributed by atoms with Crippen molar-refractivity contribution >= 4 is 0 Å². The van der Waals surface area contributed by atoms with Gasteiger partial charge in [0.05, 0.1) is 6.07 Å². The number of hydrogen-bond donors (Lipinski definition) is 0. The van der Waals surface area contributed by atoms with E-state index in [1.807, 2.05) is 0 Å². The van der Waals surface area contributed by atoms with Crippen molar-refractivity contribution in [3.63, 3.8) is 0 Å². The highest BCUT2D eigenvalue weighted by Gasteiger charge is 1.99. The standard InChI is InChI=1S/C11H21N/c1-3-4-5-6-7-8-11(2)9-10-12/h11H,3-9H2,1-2H3. The van der Waals surface area contributed by atoms with Crippen LogP contribution in [0.15, 0.2) is 0 Å². The maximum absolute atomic E-state index is 8.43. The summed E-state index contributed by atoms with van der Waals surface area (Å²) in [7, 11) is 0. The molecule has 0 aliphatic rings. The van der Waals surface area contributed by atoms with Crippen molar-refractivity contribution in [2.45, 2.75) is 58.8 Å². The number of hydrogen-bond acceptors (Lipinski definition) is 1. The summed E-state index contributed by atoms with van der Waals surface area (Å²) in [5.74, 6) is 0.608. The summed E-state index contributed by atoms with van der Waals surface area (Å²) in [4.78, 5) is 0. The maximum atomic E-state index is 8.43. The van der Waals surface area contributed by atoms with Crippen LogP contribution in [-0.4, -0.2) is 0 Å². The summed E-state index contributed by atoms with van der Waals surface area (Å²) >= 11 is 0. The Kier molecular flexibility index (Phi) is 8.22. The summed E-state index contributed by atoms with van der Waals surface area (Å²) in [6, 6.07) is 2.22. The Balaban J connectivity index is 3.04. The molecule has 1 atom stereocenters. The quantitative estimate of drug-likeness (QED) is 0.527. The second kappa shape index (κ2) is 8.59. The highest BCUT2D eigenvalue weighted by atomic mass is 14.2. The Morgan fingerprint density at radius 1 is 1.17 bits per heavy atom. The van der Waals surface area contributed by atoms with Crippen molar-refractivity contribution in [2.24, 2.45) is 5.92 Å². The SMILES string of the molecule is CCCCCCCC(C)CC#N. The molecule has 1 heteroatoms. The van der Waals surface area contributed by atoms with Crippen molar-refractivity contribution in [3.05, 3.63) is 0 Å². The lowest BCUT2D eigenvalue weighted by molar-refractivity contribution is 0.493. The van der Waals surface area contributed by atoms with Crippen LogP contribution in [-0.2, 0) is 0 Å². The minimum Gasteiger partial charge on any atom is -0.198 e. The third kappa shape index (κ3) is 7.60. The normalized spacial score (nSPS) is 12.4. The molecule has 0 aliphatic heterocycles. The zero-order valence-corrected chi connectivity index (χ0v) is 8.47. The van der Waals surface area contributed by atoms with Gasteiger partial charge in [0, 0.05) is 6.42 Å². The van der Waals surface area contributed by atoms with Crippen LogP contribution in [0.1, 0.15) is 58.8 Å². The summed E-state index contributed by atoms with van der Waals surface area (Å²) in [5.41, 5.74) is 0. The van der Waals surface area contributed by atoms with Gasteiger partial charge in [-0.25, -0.2) is 0 Å². The van der Waals surface area contributed by atoms with Gasteiger partial charge >= 0.3 is 0 Å². The van der Waals surface area contributed by atoms with E-state index in [9.17, 15) is 0 Å². The summed E-state index contributed by atoms with van der Waals surface area (Å²) in [6.07, 6.45) is 8.67. The van der Waals surface area contributed by atoms with Gasteiger partial charge in [0.2, 0.25) is 0 Å². The molecule has 1 nitrogen and oxygen atoms in total. The summed E-state index contributed by atoms with van der Waals surface area (Å²) in [6.45, 7) is 4.40. The van der Waals surface area contributed by atoms with Crippen LogP contribution in [0.2, 0.25) is 0 Å².